The van der Waals surface area contributed by atoms with Crippen molar-refractivity contribution in [1.29, 1.82) is 0 Å². The molecule has 4 heteroatoms. The Morgan fingerprint density at radius 1 is 1.25 bits per heavy atom. The van der Waals surface area contributed by atoms with Gasteiger partial charge in [0.1, 0.15) is 5.82 Å². The van der Waals surface area contributed by atoms with Gasteiger partial charge in [-0.25, -0.2) is 4.98 Å². The lowest BCUT2D eigenvalue weighted by Crippen LogP contribution is -1.99. The summed E-state index contributed by atoms with van der Waals surface area (Å²) in [6.45, 7) is 4.28. The summed E-state index contributed by atoms with van der Waals surface area (Å²) in [7, 11) is 0. The Labute approximate surface area is 122 Å². The first-order valence-electron chi connectivity index (χ1n) is 6.99. The number of thiophene rings is 1. The Bertz CT molecular complexity index is 809. The number of anilines is 1. The van der Waals surface area contributed by atoms with Gasteiger partial charge in [0.15, 0.2) is 0 Å². The Kier molecular flexibility index (Phi) is 2.45. The first-order chi connectivity index (χ1) is 9.66. The van der Waals surface area contributed by atoms with Crippen LogP contribution in [0, 0.1) is 13.8 Å². The molecule has 2 heterocycles. The number of hydrogen-bond donors (Lipinski definition) is 1. The zero-order chi connectivity index (χ0) is 13.9. The summed E-state index contributed by atoms with van der Waals surface area (Å²) in [6.07, 6.45) is 2.49. The van der Waals surface area contributed by atoms with Gasteiger partial charge in [-0.2, -0.15) is 0 Å². The molecule has 0 bridgehead atoms. The van der Waals surface area contributed by atoms with Crippen LogP contribution in [-0.4, -0.2) is 9.55 Å². The first kappa shape index (κ1) is 12.0. The molecule has 0 unspecified atom stereocenters. The Hall–Kier alpha value is -1.81. The number of fused-ring (bicyclic) bond motifs is 1. The van der Waals surface area contributed by atoms with Crippen molar-refractivity contribution in [2.24, 2.45) is 0 Å². The number of nitrogen functional groups attached to an aromatic ring is 1. The summed E-state index contributed by atoms with van der Waals surface area (Å²) >= 11 is 1.67. The van der Waals surface area contributed by atoms with Crippen LogP contribution in [0.3, 0.4) is 0 Å². The lowest BCUT2D eigenvalue weighted by Gasteiger charge is -2.08. The van der Waals surface area contributed by atoms with Gasteiger partial charge in [0.05, 0.1) is 21.6 Å². The Balaban J connectivity index is 2.06. The van der Waals surface area contributed by atoms with Crippen LogP contribution >= 0.6 is 11.3 Å². The molecule has 1 aliphatic carbocycles. The number of nitrogens with zero attached hydrogens (tertiary/aromatic N) is 2. The van der Waals surface area contributed by atoms with Crippen LogP contribution in [0.1, 0.15) is 29.3 Å². The number of imidazole rings is 1. The predicted molar refractivity (Wildman–Crippen MR) is 85.2 cm³/mol. The zero-order valence-corrected chi connectivity index (χ0v) is 12.5. The van der Waals surface area contributed by atoms with E-state index in [0.29, 0.717) is 6.04 Å². The van der Waals surface area contributed by atoms with Crippen LogP contribution in [-0.2, 0) is 0 Å². The third kappa shape index (κ3) is 1.61. The average molecular weight is 283 g/mol. The van der Waals surface area contributed by atoms with Gasteiger partial charge in [-0.3, -0.25) is 0 Å². The van der Waals surface area contributed by atoms with E-state index < -0.39 is 0 Å². The maximum absolute atomic E-state index is 6.25. The number of benzene rings is 1. The SMILES string of the molecule is Cc1sc(N)c(-c2nc3ccccc3n2C2CC2)c1C. The second-order valence-electron chi connectivity index (χ2n) is 5.55. The maximum Gasteiger partial charge on any atom is 0.144 e. The number of rotatable bonds is 2. The third-order valence-electron chi connectivity index (χ3n) is 4.14. The molecular formula is C16H17N3S. The van der Waals surface area contributed by atoms with Gasteiger partial charge >= 0.3 is 0 Å². The van der Waals surface area contributed by atoms with Gasteiger partial charge in [-0.1, -0.05) is 12.1 Å². The molecule has 1 aliphatic rings. The Morgan fingerprint density at radius 2 is 2.00 bits per heavy atom. The topological polar surface area (TPSA) is 43.8 Å². The van der Waals surface area contributed by atoms with Crippen molar-refractivity contribution in [3.63, 3.8) is 0 Å². The van der Waals surface area contributed by atoms with E-state index in [9.17, 15) is 0 Å². The van der Waals surface area contributed by atoms with E-state index in [1.807, 2.05) is 6.07 Å². The fraction of sp³-hybridized carbons (Fsp3) is 0.312. The maximum atomic E-state index is 6.25. The second-order valence-corrected chi connectivity index (χ2v) is 6.80. The first-order valence-corrected chi connectivity index (χ1v) is 7.81. The van der Waals surface area contributed by atoms with Crippen molar-refractivity contribution in [2.75, 3.05) is 5.73 Å². The second kappa shape index (κ2) is 4.09. The molecule has 0 saturated heterocycles. The molecule has 4 rings (SSSR count). The minimum atomic E-state index is 0.594. The highest BCUT2D eigenvalue weighted by molar-refractivity contribution is 7.16. The highest BCUT2D eigenvalue weighted by atomic mass is 32.1. The number of aromatic nitrogens is 2. The predicted octanol–water partition coefficient (Wildman–Crippen LogP) is 4.30. The molecule has 1 aromatic carbocycles. The van der Waals surface area contributed by atoms with Gasteiger partial charge < -0.3 is 10.3 Å². The lowest BCUT2D eigenvalue weighted by molar-refractivity contribution is 0.775. The van der Waals surface area contributed by atoms with E-state index in [-0.39, 0.29) is 0 Å². The Morgan fingerprint density at radius 3 is 2.65 bits per heavy atom. The quantitative estimate of drug-likeness (QED) is 0.762. The van der Waals surface area contributed by atoms with Crippen LogP contribution < -0.4 is 5.73 Å². The number of aryl methyl sites for hydroxylation is 1. The van der Waals surface area contributed by atoms with Crippen molar-refractivity contribution >= 4 is 27.4 Å². The molecule has 0 spiro atoms. The van der Waals surface area contributed by atoms with Crippen molar-refractivity contribution in [3.8, 4) is 11.4 Å². The zero-order valence-electron chi connectivity index (χ0n) is 11.7. The number of para-hydroxylation sites is 2. The molecule has 0 amide bonds. The van der Waals surface area contributed by atoms with Gasteiger partial charge in [0, 0.05) is 10.9 Å². The van der Waals surface area contributed by atoms with Crippen LogP contribution in [0.15, 0.2) is 24.3 Å². The van der Waals surface area contributed by atoms with Gasteiger partial charge in [0.2, 0.25) is 0 Å². The summed E-state index contributed by atoms with van der Waals surface area (Å²) < 4.78 is 2.39. The minimum absolute atomic E-state index is 0.594. The van der Waals surface area contributed by atoms with E-state index in [0.717, 1.165) is 21.9 Å². The molecule has 20 heavy (non-hydrogen) atoms. The van der Waals surface area contributed by atoms with Crippen LogP contribution in [0.5, 0.6) is 0 Å². The lowest BCUT2D eigenvalue weighted by atomic mass is 10.1. The van der Waals surface area contributed by atoms with Gasteiger partial charge in [-0.05, 0) is 44.4 Å². The fourth-order valence-corrected chi connectivity index (χ4v) is 3.79. The van der Waals surface area contributed by atoms with E-state index in [2.05, 4.69) is 36.6 Å². The van der Waals surface area contributed by atoms with Crippen LogP contribution in [0.25, 0.3) is 22.4 Å². The highest BCUT2D eigenvalue weighted by Crippen LogP contribution is 2.45. The summed E-state index contributed by atoms with van der Waals surface area (Å²) in [6, 6.07) is 8.97. The molecule has 3 nitrogen and oxygen atoms in total. The van der Waals surface area contributed by atoms with E-state index >= 15 is 0 Å². The molecule has 2 aromatic heterocycles. The van der Waals surface area contributed by atoms with Crippen molar-refractivity contribution in [1.82, 2.24) is 9.55 Å². The molecule has 0 aliphatic heterocycles. The molecule has 2 N–H and O–H groups in total. The highest BCUT2D eigenvalue weighted by Gasteiger charge is 2.30. The van der Waals surface area contributed by atoms with Gasteiger partial charge in [-0.15, -0.1) is 11.3 Å². The molecular weight excluding hydrogens is 266 g/mol. The van der Waals surface area contributed by atoms with Crippen molar-refractivity contribution < 1.29 is 0 Å². The van der Waals surface area contributed by atoms with E-state index in [1.165, 1.54) is 28.8 Å². The smallest absolute Gasteiger partial charge is 0.144 e. The number of nitrogens with two attached hydrogens (primary N) is 1. The van der Waals surface area contributed by atoms with Crippen molar-refractivity contribution in [3.05, 3.63) is 34.7 Å². The minimum Gasteiger partial charge on any atom is -0.390 e. The van der Waals surface area contributed by atoms with E-state index in [1.54, 1.807) is 11.3 Å². The molecule has 0 radical (unpaired) electrons. The summed E-state index contributed by atoms with van der Waals surface area (Å²) in [5, 5.41) is 0.886. The normalized spacial score (nSPS) is 15.1. The third-order valence-corrected chi connectivity index (χ3v) is 5.18. The standard InChI is InChI=1S/C16H17N3S/c1-9-10(2)20-15(17)14(9)16-18-12-5-3-4-6-13(12)19(16)11-7-8-11/h3-6,11H,7-8,17H2,1-2H3. The largest absolute Gasteiger partial charge is 0.390 e. The summed E-state index contributed by atoms with van der Waals surface area (Å²) in [5.74, 6) is 1.05. The monoisotopic (exact) mass is 283 g/mol. The molecule has 102 valence electrons. The molecule has 1 saturated carbocycles. The van der Waals surface area contributed by atoms with Crippen LogP contribution in [0.4, 0.5) is 5.00 Å². The fourth-order valence-electron chi connectivity index (χ4n) is 2.85. The van der Waals surface area contributed by atoms with Crippen LogP contribution in [0.2, 0.25) is 0 Å². The van der Waals surface area contributed by atoms with Crippen molar-refractivity contribution in [2.45, 2.75) is 32.7 Å². The molecule has 1 fully saturated rings. The number of hydrogen-bond acceptors (Lipinski definition) is 3. The summed E-state index contributed by atoms with van der Waals surface area (Å²) in [5.41, 5.74) is 10.9. The van der Waals surface area contributed by atoms with E-state index in [4.69, 9.17) is 10.7 Å². The summed E-state index contributed by atoms with van der Waals surface area (Å²) in [4.78, 5) is 6.15. The average Bonchev–Trinajstić information content (AvgIpc) is 3.14. The molecule has 0 atom stereocenters. The molecule has 3 aromatic rings. The van der Waals surface area contributed by atoms with Gasteiger partial charge in [0.25, 0.3) is 0 Å².